The highest BCUT2D eigenvalue weighted by Crippen LogP contribution is 2.25. The second kappa shape index (κ2) is 8.74. The van der Waals surface area contributed by atoms with Gasteiger partial charge in [0, 0.05) is 63.0 Å². The molecule has 170 valence electrons. The van der Waals surface area contributed by atoms with Crippen LogP contribution in [0.3, 0.4) is 0 Å². The molecule has 1 aliphatic rings. The largest absolute Gasteiger partial charge is 0.371 e. The van der Waals surface area contributed by atoms with E-state index in [4.69, 9.17) is 0 Å². The van der Waals surface area contributed by atoms with E-state index >= 15 is 0 Å². The third kappa shape index (κ3) is 4.23. The van der Waals surface area contributed by atoms with E-state index in [-0.39, 0.29) is 5.56 Å². The number of nitrogens with one attached hydrogen (secondary N) is 2. The maximum Gasteiger partial charge on any atom is 0.251 e. The number of H-pyrrole nitrogens is 1. The highest BCUT2D eigenvalue weighted by molar-refractivity contribution is 5.90. The molecule has 2 N–H and O–H groups in total. The second-order valence-corrected chi connectivity index (χ2v) is 8.33. The molecule has 5 rings (SSSR count). The van der Waals surface area contributed by atoms with Gasteiger partial charge in [-0.25, -0.2) is 4.98 Å². The first-order valence-electron chi connectivity index (χ1n) is 11.2. The van der Waals surface area contributed by atoms with Gasteiger partial charge in [0.05, 0.1) is 22.9 Å². The fraction of sp³-hybridized carbons (Fsp3) is 0.333. The summed E-state index contributed by atoms with van der Waals surface area (Å²) in [6.45, 7) is 6.19. The summed E-state index contributed by atoms with van der Waals surface area (Å²) in [6.07, 6.45) is 4.41. The van der Waals surface area contributed by atoms with Gasteiger partial charge >= 0.3 is 0 Å². The van der Waals surface area contributed by atoms with Crippen LogP contribution >= 0.6 is 0 Å². The number of fused-ring (bicyclic) bond motifs is 2. The predicted molar refractivity (Wildman–Crippen MR) is 128 cm³/mol. The van der Waals surface area contributed by atoms with Gasteiger partial charge in [-0.05, 0) is 30.2 Å². The highest BCUT2D eigenvalue weighted by atomic mass is 19.1. The quantitative estimate of drug-likeness (QED) is 0.455. The van der Waals surface area contributed by atoms with Crippen molar-refractivity contribution in [3.05, 3.63) is 64.1 Å². The fourth-order valence-electron chi connectivity index (χ4n) is 4.38. The van der Waals surface area contributed by atoms with Crippen LogP contribution in [0.1, 0.15) is 18.1 Å². The van der Waals surface area contributed by atoms with E-state index in [1.165, 1.54) is 6.07 Å². The average molecular weight is 448 g/mol. The number of nitrogens with zero attached hydrogens (tertiary/aromatic N) is 5. The van der Waals surface area contributed by atoms with Crippen LogP contribution in [0, 0.1) is 5.95 Å². The molecule has 33 heavy (non-hydrogen) atoms. The molecule has 4 aromatic rings. The normalized spacial score (nSPS) is 14.8. The molecule has 9 heteroatoms. The molecule has 0 spiro atoms. The Morgan fingerprint density at radius 1 is 1.09 bits per heavy atom. The minimum Gasteiger partial charge on any atom is -0.371 e. The summed E-state index contributed by atoms with van der Waals surface area (Å²) in [4.78, 5) is 32.7. The molecule has 0 bridgehead atoms. The van der Waals surface area contributed by atoms with Gasteiger partial charge in [-0.1, -0.05) is 6.92 Å². The zero-order valence-corrected chi connectivity index (χ0v) is 18.7. The molecule has 1 fully saturated rings. The first kappa shape index (κ1) is 21.3. The Morgan fingerprint density at radius 2 is 1.91 bits per heavy atom. The number of anilines is 2. The van der Waals surface area contributed by atoms with Gasteiger partial charge in [0.2, 0.25) is 5.95 Å². The lowest BCUT2D eigenvalue weighted by Gasteiger charge is -2.36. The Labute approximate surface area is 190 Å². The average Bonchev–Trinajstić information content (AvgIpc) is 2.83. The van der Waals surface area contributed by atoms with Crippen LogP contribution in [0.15, 0.2) is 41.5 Å². The topological polar surface area (TPSA) is 90.0 Å². The molecule has 0 atom stereocenters. The molecule has 0 saturated carbocycles. The number of halogens is 1. The second-order valence-electron chi connectivity index (χ2n) is 8.33. The smallest absolute Gasteiger partial charge is 0.251 e. The lowest BCUT2D eigenvalue weighted by Crippen LogP contribution is -2.46. The van der Waals surface area contributed by atoms with E-state index in [1.54, 1.807) is 7.05 Å². The van der Waals surface area contributed by atoms with E-state index in [0.717, 1.165) is 66.0 Å². The molecule has 0 radical (unpaired) electrons. The first-order chi connectivity index (χ1) is 16.0. The number of rotatable bonds is 5. The Balaban J connectivity index is 1.28. The Hall–Kier alpha value is -3.59. The summed E-state index contributed by atoms with van der Waals surface area (Å²) in [5.74, 6) is -0.0792. The molecule has 0 aliphatic carbocycles. The van der Waals surface area contributed by atoms with Crippen LogP contribution in [-0.4, -0.2) is 58.1 Å². The van der Waals surface area contributed by atoms with E-state index in [1.807, 2.05) is 37.5 Å². The van der Waals surface area contributed by atoms with Gasteiger partial charge in [-0.15, -0.1) is 0 Å². The van der Waals surface area contributed by atoms with Crippen LogP contribution in [0.2, 0.25) is 0 Å². The Bertz CT molecular complexity index is 1380. The summed E-state index contributed by atoms with van der Waals surface area (Å²) in [5.41, 5.74) is 5.02. The van der Waals surface area contributed by atoms with Crippen molar-refractivity contribution in [1.82, 2.24) is 24.8 Å². The third-order valence-electron chi connectivity index (χ3n) is 6.21. The number of hydrogen-bond donors (Lipinski definition) is 2. The van der Waals surface area contributed by atoms with Gasteiger partial charge in [0.15, 0.2) is 5.82 Å². The minimum absolute atomic E-state index is 0.0425. The van der Waals surface area contributed by atoms with E-state index < -0.39 is 5.95 Å². The Kier molecular flexibility index (Phi) is 5.63. The van der Waals surface area contributed by atoms with Crippen molar-refractivity contribution in [2.75, 3.05) is 43.4 Å². The van der Waals surface area contributed by atoms with Crippen molar-refractivity contribution in [1.29, 1.82) is 0 Å². The first-order valence-corrected chi connectivity index (χ1v) is 11.2. The van der Waals surface area contributed by atoms with Crippen LogP contribution in [0.5, 0.6) is 0 Å². The van der Waals surface area contributed by atoms with Gasteiger partial charge < -0.3 is 15.2 Å². The lowest BCUT2D eigenvalue weighted by atomic mass is 10.1. The summed E-state index contributed by atoms with van der Waals surface area (Å²) >= 11 is 0. The Morgan fingerprint density at radius 3 is 2.67 bits per heavy atom. The maximum absolute atomic E-state index is 13.8. The zero-order chi connectivity index (χ0) is 22.9. The van der Waals surface area contributed by atoms with Crippen molar-refractivity contribution >= 4 is 33.4 Å². The van der Waals surface area contributed by atoms with Gasteiger partial charge in [0.25, 0.3) is 5.56 Å². The van der Waals surface area contributed by atoms with Gasteiger partial charge in [-0.3, -0.25) is 19.7 Å². The van der Waals surface area contributed by atoms with Crippen LogP contribution in [0.25, 0.3) is 21.9 Å². The van der Waals surface area contributed by atoms with E-state index in [2.05, 4.69) is 35.1 Å². The predicted octanol–water partition coefficient (Wildman–Crippen LogP) is 2.93. The summed E-state index contributed by atoms with van der Waals surface area (Å²) in [6, 6.07) is 7.28. The van der Waals surface area contributed by atoms with Crippen molar-refractivity contribution in [2.45, 2.75) is 19.9 Å². The molecular weight excluding hydrogens is 421 g/mol. The molecule has 8 nitrogen and oxygen atoms in total. The monoisotopic (exact) mass is 447 g/mol. The number of aromatic amines is 1. The van der Waals surface area contributed by atoms with Crippen molar-refractivity contribution < 1.29 is 4.39 Å². The summed E-state index contributed by atoms with van der Waals surface area (Å²) in [7, 11) is 1.71. The molecule has 0 unspecified atom stereocenters. The molecular formula is C24H26FN7O. The van der Waals surface area contributed by atoms with Crippen LogP contribution in [-0.2, 0) is 13.0 Å². The van der Waals surface area contributed by atoms with Gasteiger partial charge in [-0.2, -0.15) is 4.39 Å². The molecule has 4 aromatic heterocycles. The molecule has 0 aromatic carbocycles. The van der Waals surface area contributed by atoms with E-state index in [0.29, 0.717) is 17.8 Å². The SMILES string of the molecule is CCc1cc2ncc(CN3CCN(c4cnc5c(NC)nc(F)cc5c4)CC3)cc2[nH]c1=O. The number of pyridine rings is 4. The summed E-state index contributed by atoms with van der Waals surface area (Å²) < 4.78 is 13.8. The zero-order valence-electron chi connectivity index (χ0n) is 18.7. The highest BCUT2D eigenvalue weighted by Gasteiger charge is 2.19. The fourth-order valence-corrected chi connectivity index (χ4v) is 4.38. The number of hydrogen-bond acceptors (Lipinski definition) is 7. The summed E-state index contributed by atoms with van der Waals surface area (Å²) in [5, 5.41) is 3.63. The van der Waals surface area contributed by atoms with Crippen molar-refractivity contribution in [2.24, 2.45) is 0 Å². The van der Waals surface area contributed by atoms with Crippen LogP contribution in [0.4, 0.5) is 15.9 Å². The number of piperazine rings is 1. The molecule has 1 aliphatic heterocycles. The molecule has 5 heterocycles. The standard InChI is InChI=1S/C24H26FN7O/c1-3-16-10-19-20(29-24(16)33)8-15(12-27-19)14-31-4-6-32(7-5-31)18-9-17-11-21(25)30-23(26-2)22(17)28-13-18/h8-13H,3-7,14H2,1-2H3,(H,26,30)(H,29,33). The molecule has 0 amide bonds. The maximum atomic E-state index is 13.8. The third-order valence-corrected chi connectivity index (χ3v) is 6.21. The van der Waals surface area contributed by atoms with Gasteiger partial charge in [0.1, 0.15) is 5.52 Å². The van der Waals surface area contributed by atoms with Crippen molar-refractivity contribution in [3.8, 4) is 0 Å². The van der Waals surface area contributed by atoms with Crippen molar-refractivity contribution in [3.63, 3.8) is 0 Å². The number of aryl methyl sites for hydroxylation is 1. The minimum atomic E-state index is -0.521. The van der Waals surface area contributed by atoms with E-state index in [9.17, 15) is 9.18 Å². The number of aromatic nitrogens is 4. The van der Waals surface area contributed by atoms with Crippen LogP contribution < -0.4 is 15.8 Å². The molecule has 1 saturated heterocycles. The lowest BCUT2D eigenvalue weighted by molar-refractivity contribution is 0.249.